The SMILES string of the molecule is Cc1nc2cc(F)ccc2cc1C(=O)N1CCC[C@H](CCC(=O)O)C1. The number of piperidine rings is 1. The fourth-order valence-corrected chi connectivity index (χ4v) is 3.44. The van der Waals surface area contributed by atoms with E-state index in [0.717, 1.165) is 18.2 Å². The van der Waals surface area contributed by atoms with E-state index < -0.39 is 5.97 Å². The minimum Gasteiger partial charge on any atom is -0.481 e. The van der Waals surface area contributed by atoms with Crippen LogP contribution in [0.3, 0.4) is 0 Å². The van der Waals surface area contributed by atoms with Gasteiger partial charge in [0.05, 0.1) is 16.8 Å². The second kappa shape index (κ2) is 7.17. The number of hydrogen-bond donors (Lipinski definition) is 1. The molecule has 1 aliphatic heterocycles. The molecule has 6 heteroatoms. The van der Waals surface area contributed by atoms with Crippen molar-refractivity contribution in [3.63, 3.8) is 0 Å². The van der Waals surface area contributed by atoms with Gasteiger partial charge in [0.1, 0.15) is 5.82 Å². The first-order chi connectivity index (χ1) is 11.9. The number of amides is 1. The summed E-state index contributed by atoms with van der Waals surface area (Å²) in [6, 6.07) is 6.11. The molecule has 0 spiro atoms. The predicted molar refractivity (Wildman–Crippen MR) is 91.9 cm³/mol. The van der Waals surface area contributed by atoms with Gasteiger partial charge in [-0.15, -0.1) is 0 Å². The third-order valence-electron chi connectivity index (χ3n) is 4.77. The fraction of sp³-hybridized carbons (Fsp3) is 0.421. The van der Waals surface area contributed by atoms with Gasteiger partial charge in [-0.3, -0.25) is 14.6 Å². The summed E-state index contributed by atoms with van der Waals surface area (Å²) in [7, 11) is 0. The van der Waals surface area contributed by atoms with Crippen molar-refractivity contribution in [2.45, 2.75) is 32.6 Å². The second-order valence-electron chi connectivity index (χ2n) is 6.65. The molecular weight excluding hydrogens is 323 g/mol. The summed E-state index contributed by atoms with van der Waals surface area (Å²) < 4.78 is 13.3. The van der Waals surface area contributed by atoms with Crippen molar-refractivity contribution in [3.8, 4) is 0 Å². The van der Waals surface area contributed by atoms with Crippen LogP contribution in [0.5, 0.6) is 0 Å². The molecule has 0 radical (unpaired) electrons. The number of hydrogen-bond acceptors (Lipinski definition) is 3. The van der Waals surface area contributed by atoms with Crippen LogP contribution < -0.4 is 0 Å². The van der Waals surface area contributed by atoms with Crippen molar-refractivity contribution < 1.29 is 19.1 Å². The highest BCUT2D eigenvalue weighted by atomic mass is 19.1. The minimum absolute atomic E-state index is 0.0868. The number of halogens is 1. The fourth-order valence-electron chi connectivity index (χ4n) is 3.44. The van der Waals surface area contributed by atoms with E-state index in [1.54, 1.807) is 24.0 Å². The number of aromatic nitrogens is 1. The van der Waals surface area contributed by atoms with E-state index in [-0.39, 0.29) is 24.1 Å². The van der Waals surface area contributed by atoms with Crippen LogP contribution in [0.1, 0.15) is 41.7 Å². The maximum Gasteiger partial charge on any atom is 0.303 e. The molecule has 3 rings (SSSR count). The zero-order valence-electron chi connectivity index (χ0n) is 14.2. The number of fused-ring (bicyclic) bond motifs is 1. The van der Waals surface area contributed by atoms with Crippen LogP contribution in [0, 0.1) is 18.7 Å². The molecule has 1 aliphatic rings. The molecule has 0 saturated carbocycles. The molecule has 2 aromatic rings. The number of nitrogens with zero attached hydrogens (tertiary/aromatic N) is 2. The summed E-state index contributed by atoms with van der Waals surface area (Å²) in [5.41, 5.74) is 1.64. The summed E-state index contributed by atoms with van der Waals surface area (Å²) in [4.78, 5) is 29.8. The highest BCUT2D eigenvalue weighted by molar-refractivity contribution is 5.98. The van der Waals surface area contributed by atoms with Crippen LogP contribution in [-0.2, 0) is 4.79 Å². The first kappa shape index (κ1) is 17.3. The van der Waals surface area contributed by atoms with E-state index >= 15 is 0 Å². The Hall–Kier alpha value is -2.50. The topological polar surface area (TPSA) is 70.5 Å². The van der Waals surface area contributed by atoms with Gasteiger partial charge >= 0.3 is 5.97 Å². The average molecular weight is 344 g/mol. The lowest BCUT2D eigenvalue weighted by Gasteiger charge is -2.33. The highest BCUT2D eigenvalue weighted by Crippen LogP contribution is 2.24. The molecule has 1 saturated heterocycles. The Labute approximate surface area is 145 Å². The van der Waals surface area contributed by atoms with Crippen molar-refractivity contribution in [1.29, 1.82) is 0 Å². The molecule has 0 aliphatic carbocycles. The van der Waals surface area contributed by atoms with E-state index in [1.807, 2.05) is 0 Å². The van der Waals surface area contributed by atoms with E-state index in [1.165, 1.54) is 12.1 Å². The number of rotatable bonds is 4. The van der Waals surface area contributed by atoms with E-state index in [0.29, 0.717) is 36.3 Å². The maximum atomic E-state index is 13.3. The van der Waals surface area contributed by atoms with E-state index in [4.69, 9.17) is 5.11 Å². The van der Waals surface area contributed by atoms with Crippen molar-refractivity contribution in [2.75, 3.05) is 13.1 Å². The Morgan fingerprint density at radius 2 is 2.16 bits per heavy atom. The first-order valence-electron chi connectivity index (χ1n) is 8.52. The van der Waals surface area contributed by atoms with Gasteiger partial charge in [-0.2, -0.15) is 0 Å². The zero-order valence-corrected chi connectivity index (χ0v) is 14.2. The third kappa shape index (κ3) is 3.95. The molecule has 1 atom stereocenters. The molecule has 1 fully saturated rings. The molecule has 0 bridgehead atoms. The first-order valence-corrected chi connectivity index (χ1v) is 8.52. The van der Waals surface area contributed by atoms with Crippen LogP contribution in [0.15, 0.2) is 24.3 Å². The number of carboxylic acid groups (broad SMARTS) is 1. The number of aryl methyl sites for hydroxylation is 1. The molecule has 1 aromatic carbocycles. The van der Waals surface area contributed by atoms with Crippen LogP contribution in [0.25, 0.3) is 10.9 Å². The van der Waals surface area contributed by atoms with Crippen LogP contribution >= 0.6 is 0 Å². The molecule has 5 nitrogen and oxygen atoms in total. The Morgan fingerprint density at radius 3 is 2.92 bits per heavy atom. The van der Waals surface area contributed by atoms with Crippen LogP contribution in [-0.4, -0.2) is 40.0 Å². The normalized spacial score (nSPS) is 17.7. The Balaban J connectivity index is 1.80. The van der Waals surface area contributed by atoms with Gasteiger partial charge in [0, 0.05) is 31.0 Å². The van der Waals surface area contributed by atoms with Crippen LogP contribution in [0.2, 0.25) is 0 Å². The summed E-state index contributed by atoms with van der Waals surface area (Å²) in [6.07, 6.45) is 2.55. The van der Waals surface area contributed by atoms with Gasteiger partial charge in [-0.05, 0) is 50.3 Å². The van der Waals surface area contributed by atoms with Gasteiger partial charge in [-0.25, -0.2) is 4.39 Å². The molecular formula is C19H21FN2O3. The number of pyridine rings is 1. The van der Waals surface area contributed by atoms with Crippen molar-refractivity contribution in [3.05, 3.63) is 41.3 Å². The van der Waals surface area contributed by atoms with Crippen LogP contribution in [0.4, 0.5) is 4.39 Å². The quantitative estimate of drug-likeness (QED) is 0.923. The van der Waals surface area contributed by atoms with Crippen molar-refractivity contribution in [1.82, 2.24) is 9.88 Å². The monoisotopic (exact) mass is 344 g/mol. The van der Waals surface area contributed by atoms with Gasteiger partial charge in [-0.1, -0.05) is 0 Å². The second-order valence-corrected chi connectivity index (χ2v) is 6.65. The molecule has 1 amide bonds. The lowest BCUT2D eigenvalue weighted by molar-refractivity contribution is -0.137. The summed E-state index contributed by atoms with van der Waals surface area (Å²) in [6.45, 7) is 3.00. The standard InChI is InChI=1S/C19H21FN2O3/c1-12-16(9-14-5-6-15(20)10-17(14)21-12)19(25)22-8-2-3-13(11-22)4-7-18(23)24/h5-6,9-10,13H,2-4,7-8,11H2,1H3,(H,23,24)/t13-/m1/s1. The number of carboxylic acids is 1. The number of carbonyl (C=O) groups is 2. The average Bonchev–Trinajstić information content (AvgIpc) is 2.59. The summed E-state index contributed by atoms with van der Waals surface area (Å²) in [5, 5.41) is 9.57. The molecule has 0 unspecified atom stereocenters. The van der Waals surface area contributed by atoms with E-state index in [9.17, 15) is 14.0 Å². The smallest absolute Gasteiger partial charge is 0.303 e. The van der Waals surface area contributed by atoms with Gasteiger partial charge in [0.25, 0.3) is 5.91 Å². The molecule has 1 N–H and O–H groups in total. The third-order valence-corrected chi connectivity index (χ3v) is 4.77. The zero-order chi connectivity index (χ0) is 18.0. The molecule has 25 heavy (non-hydrogen) atoms. The maximum absolute atomic E-state index is 13.3. The predicted octanol–water partition coefficient (Wildman–Crippen LogP) is 3.40. The van der Waals surface area contributed by atoms with Gasteiger partial charge < -0.3 is 10.0 Å². The van der Waals surface area contributed by atoms with Crippen molar-refractivity contribution in [2.24, 2.45) is 5.92 Å². The highest BCUT2D eigenvalue weighted by Gasteiger charge is 2.26. The molecule has 2 heterocycles. The van der Waals surface area contributed by atoms with Gasteiger partial charge in [0.15, 0.2) is 0 Å². The van der Waals surface area contributed by atoms with Gasteiger partial charge in [0.2, 0.25) is 0 Å². The number of carbonyl (C=O) groups excluding carboxylic acids is 1. The minimum atomic E-state index is -0.801. The molecule has 1 aromatic heterocycles. The summed E-state index contributed by atoms with van der Waals surface area (Å²) in [5.74, 6) is -1.02. The lowest BCUT2D eigenvalue weighted by Crippen LogP contribution is -2.40. The summed E-state index contributed by atoms with van der Waals surface area (Å²) >= 11 is 0. The Bertz CT molecular complexity index is 822. The Kier molecular flexibility index (Phi) is 4.97. The van der Waals surface area contributed by atoms with E-state index in [2.05, 4.69) is 4.98 Å². The number of likely N-dealkylation sites (tertiary alicyclic amines) is 1. The number of benzene rings is 1. The largest absolute Gasteiger partial charge is 0.481 e. The molecule has 132 valence electrons. The number of aliphatic carboxylic acids is 1. The van der Waals surface area contributed by atoms with Crippen molar-refractivity contribution >= 4 is 22.8 Å². The Morgan fingerprint density at radius 1 is 1.36 bits per heavy atom. The lowest BCUT2D eigenvalue weighted by atomic mass is 9.93.